The largest absolute Gasteiger partial charge is 0.494 e. The number of carbonyl (C=O) groups is 2. The van der Waals surface area contributed by atoms with Gasteiger partial charge in [0.1, 0.15) is 5.75 Å². The molecule has 0 saturated carbocycles. The fraction of sp³-hybridized carbons (Fsp3) is 0.364. The molecule has 5 nitrogen and oxygen atoms in total. The second kappa shape index (κ2) is 10.2. The molecule has 28 heavy (non-hydrogen) atoms. The van der Waals surface area contributed by atoms with Gasteiger partial charge in [0.05, 0.1) is 17.6 Å². The lowest BCUT2D eigenvalue weighted by Gasteiger charge is -2.16. The highest BCUT2D eigenvalue weighted by Gasteiger charge is 2.17. The molecule has 2 aromatic carbocycles. The van der Waals surface area contributed by atoms with Crippen LogP contribution in [0.25, 0.3) is 0 Å². The number of benzene rings is 2. The van der Waals surface area contributed by atoms with Crippen LogP contribution in [0.5, 0.6) is 5.75 Å². The summed E-state index contributed by atoms with van der Waals surface area (Å²) in [5, 5.41) is 5.48. The molecule has 0 fully saturated rings. The number of thioether (sulfide) groups is 1. The third-order valence-electron chi connectivity index (χ3n) is 4.21. The Hall–Kier alpha value is -2.47. The first kappa shape index (κ1) is 21.8. The molecule has 1 atom stereocenters. The summed E-state index contributed by atoms with van der Waals surface area (Å²) in [6.07, 6.45) is 0. The van der Waals surface area contributed by atoms with Crippen molar-refractivity contribution in [3.05, 3.63) is 53.1 Å². The van der Waals surface area contributed by atoms with E-state index in [0.717, 1.165) is 22.6 Å². The molecular formula is C22H28N2O3S. The normalized spacial score (nSPS) is 11.6. The molecule has 0 heterocycles. The van der Waals surface area contributed by atoms with Gasteiger partial charge in [-0.05, 0) is 70.0 Å². The SMILES string of the molecule is CCOc1ccc(NC(=O)CS[C@H](C)C(=O)Nc2c(C)cc(C)cc2C)cc1. The van der Waals surface area contributed by atoms with Crippen LogP contribution in [0, 0.1) is 20.8 Å². The van der Waals surface area contributed by atoms with Crippen molar-refractivity contribution < 1.29 is 14.3 Å². The number of nitrogens with one attached hydrogen (secondary N) is 2. The minimum absolute atomic E-state index is 0.103. The Balaban J connectivity index is 1.84. The van der Waals surface area contributed by atoms with Crippen molar-refractivity contribution in [3.63, 3.8) is 0 Å². The summed E-state index contributed by atoms with van der Waals surface area (Å²) < 4.78 is 5.38. The summed E-state index contributed by atoms with van der Waals surface area (Å²) in [5.41, 5.74) is 4.80. The molecule has 0 aliphatic rings. The van der Waals surface area contributed by atoms with Gasteiger partial charge in [0, 0.05) is 11.4 Å². The lowest BCUT2D eigenvalue weighted by atomic mass is 10.1. The molecule has 0 aliphatic carbocycles. The number of anilines is 2. The molecule has 6 heteroatoms. The highest BCUT2D eigenvalue weighted by Crippen LogP contribution is 2.23. The van der Waals surface area contributed by atoms with Gasteiger partial charge < -0.3 is 15.4 Å². The van der Waals surface area contributed by atoms with E-state index < -0.39 is 0 Å². The summed E-state index contributed by atoms with van der Waals surface area (Å²) in [6, 6.07) is 11.3. The van der Waals surface area contributed by atoms with Crippen molar-refractivity contribution in [2.75, 3.05) is 23.0 Å². The molecule has 0 aliphatic heterocycles. The molecule has 0 spiro atoms. The van der Waals surface area contributed by atoms with Crippen LogP contribution < -0.4 is 15.4 Å². The third-order valence-corrected chi connectivity index (χ3v) is 5.35. The quantitative estimate of drug-likeness (QED) is 0.673. The molecule has 2 aromatic rings. The average Bonchev–Trinajstić information content (AvgIpc) is 2.64. The molecular weight excluding hydrogens is 372 g/mol. The Morgan fingerprint density at radius 2 is 1.64 bits per heavy atom. The van der Waals surface area contributed by atoms with Gasteiger partial charge in [-0.3, -0.25) is 9.59 Å². The summed E-state index contributed by atoms with van der Waals surface area (Å²) in [5.74, 6) is 0.723. The number of rotatable bonds is 8. The first-order valence-corrected chi connectivity index (χ1v) is 10.4. The Morgan fingerprint density at radius 3 is 2.21 bits per heavy atom. The van der Waals surface area contributed by atoms with Crippen LogP contribution in [-0.2, 0) is 9.59 Å². The predicted molar refractivity (Wildman–Crippen MR) is 117 cm³/mol. The van der Waals surface area contributed by atoms with Crippen LogP contribution in [0.1, 0.15) is 30.5 Å². The molecule has 2 amide bonds. The fourth-order valence-electron chi connectivity index (χ4n) is 2.88. The van der Waals surface area contributed by atoms with Crippen LogP contribution in [0.15, 0.2) is 36.4 Å². The Morgan fingerprint density at radius 1 is 1.04 bits per heavy atom. The van der Waals surface area contributed by atoms with Gasteiger partial charge >= 0.3 is 0 Å². The van der Waals surface area contributed by atoms with E-state index in [9.17, 15) is 9.59 Å². The van der Waals surface area contributed by atoms with E-state index in [1.54, 1.807) is 12.1 Å². The first-order chi connectivity index (χ1) is 13.3. The van der Waals surface area contributed by atoms with Gasteiger partial charge in [-0.25, -0.2) is 0 Å². The van der Waals surface area contributed by atoms with Crippen molar-refractivity contribution in [2.24, 2.45) is 0 Å². The molecule has 0 radical (unpaired) electrons. The van der Waals surface area contributed by atoms with E-state index in [1.807, 2.05) is 58.9 Å². The number of amides is 2. The molecule has 0 aromatic heterocycles. The average molecular weight is 401 g/mol. The number of aryl methyl sites for hydroxylation is 3. The van der Waals surface area contributed by atoms with E-state index in [1.165, 1.54) is 17.3 Å². The van der Waals surface area contributed by atoms with Crippen LogP contribution in [0.3, 0.4) is 0 Å². The summed E-state index contributed by atoms with van der Waals surface area (Å²) in [6.45, 7) is 10.3. The van der Waals surface area contributed by atoms with E-state index in [4.69, 9.17) is 4.74 Å². The van der Waals surface area contributed by atoms with Gasteiger partial charge in [0.15, 0.2) is 0 Å². The summed E-state index contributed by atoms with van der Waals surface area (Å²) in [4.78, 5) is 24.7. The Bertz CT molecular complexity index is 811. The highest BCUT2D eigenvalue weighted by atomic mass is 32.2. The van der Waals surface area contributed by atoms with Crippen molar-refractivity contribution in [3.8, 4) is 5.75 Å². The summed E-state index contributed by atoms with van der Waals surface area (Å²) >= 11 is 1.31. The lowest BCUT2D eigenvalue weighted by molar-refractivity contribution is -0.115. The molecule has 0 saturated heterocycles. The van der Waals surface area contributed by atoms with Crippen LogP contribution in [-0.4, -0.2) is 29.4 Å². The van der Waals surface area contributed by atoms with Crippen LogP contribution >= 0.6 is 11.8 Å². The number of hydrogen-bond donors (Lipinski definition) is 2. The fourth-order valence-corrected chi connectivity index (χ4v) is 3.56. The van der Waals surface area contributed by atoms with Crippen molar-refractivity contribution in [1.82, 2.24) is 0 Å². The minimum atomic E-state index is -0.341. The number of ether oxygens (including phenoxy) is 1. The van der Waals surface area contributed by atoms with Gasteiger partial charge in [0.25, 0.3) is 0 Å². The standard InChI is InChI=1S/C22H28N2O3S/c1-6-27-19-9-7-18(8-10-19)23-20(25)13-28-17(5)22(26)24-21-15(3)11-14(2)12-16(21)4/h7-12,17H,6,13H2,1-5H3,(H,23,25)(H,24,26)/t17-/m1/s1. The van der Waals surface area contributed by atoms with Gasteiger partial charge in [-0.15, -0.1) is 11.8 Å². The maximum Gasteiger partial charge on any atom is 0.237 e. The molecule has 2 rings (SSSR count). The van der Waals surface area contributed by atoms with Crippen molar-refractivity contribution >= 4 is 35.0 Å². The van der Waals surface area contributed by atoms with Gasteiger partial charge in [-0.1, -0.05) is 17.7 Å². The maximum absolute atomic E-state index is 12.5. The lowest BCUT2D eigenvalue weighted by Crippen LogP contribution is -2.25. The van der Waals surface area contributed by atoms with Crippen LogP contribution in [0.2, 0.25) is 0 Å². The Labute approximate surface area is 171 Å². The molecule has 0 bridgehead atoms. The molecule has 150 valence electrons. The minimum Gasteiger partial charge on any atom is -0.494 e. The zero-order valence-electron chi connectivity index (χ0n) is 17.1. The number of carbonyl (C=O) groups excluding carboxylic acids is 2. The number of hydrogen-bond acceptors (Lipinski definition) is 4. The van der Waals surface area contributed by atoms with E-state index >= 15 is 0 Å². The summed E-state index contributed by atoms with van der Waals surface area (Å²) in [7, 11) is 0. The Kier molecular flexibility index (Phi) is 7.93. The maximum atomic E-state index is 12.5. The van der Waals surface area contributed by atoms with E-state index in [-0.39, 0.29) is 22.8 Å². The van der Waals surface area contributed by atoms with E-state index in [0.29, 0.717) is 12.3 Å². The van der Waals surface area contributed by atoms with Gasteiger partial charge in [0.2, 0.25) is 11.8 Å². The topological polar surface area (TPSA) is 67.4 Å². The first-order valence-electron chi connectivity index (χ1n) is 9.33. The second-order valence-electron chi connectivity index (χ2n) is 6.72. The third kappa shape index (κ3) is 6.30. The smallest absolute Gasteiger partial charge is 0.237 e. The second-order valence-corrected chi connectivity index (χ2v) is 8.05. The molecule has 0 unspecified atom stereocenters. The predicted octanol–water partition coefficient (Wildman–Crippen LogP) is 4.71. The van der Waals surface area contributed by atoms with Crippen molar-refractivity contribution in [1.29, 1.82) is 0 Å². The van der Waals surface area contributed by atoms with E-state index in [2.05, 4.69) is 10.6 Å². The van der Waals surface area contributed by atoms with Gasteiger partial charge in [-0.2, -0.15) is 0 Å². The monoisotopic (exact) mass is 400 g/mol. The van der Waals surface area contributed by atoms with Crippen molar-refractivity contribution in [2.45, 2.75) is 39.9 Å². The van der Waals surface area contributed by atoms with Crippen LogP contribution in [0.4, 0.5) is 11.4 Å². The zero-order chi connectivity index (χ0) is 20.7. The highest BCUT2D eigenvalue weighted by molar-refractivity contribution is 8.01. The molecule has 2 N–H and O–H groups in total. The zero-order valence-corrected chi connectivity index (χ0v) is 17.9.